The van der Waals surface area contributed by atoms with Crippen LogP contribution < -0.4 is 5.32 Å². The van der Waals surface area contributed by atoms with Gasteiger partial charge in [-0.3, -0.25) is 14.9 Å². The Hall–Kier alpha value is -2.19. The molecule has 1 aromatic rings. The Morgan fingerprint density at radius 3 is 2.62 bits per heavy atom. The first-order chi connectivity index (χ1) is 11.1. The van der Waals surface area contributed by atoms with Crippen LogP contribution in [0.15, 0.2) is 29.5 Å². The van der Waals surface area contributed by atoms with Crippen molar-refractivity contribution in [3.8, 4) is 0 Å². The predicted octanol–water partition coefficient (Wildman–Crippen LogP) is 2.47. The topological polar surface area (TPSA) is 78.7 Å². The number of hydrogen-bond donors (Lipinski definition) is 1. The Labute approximate surface area is 150 Å². The van der Waals surface area contributed by atoms with Crippen molar-refractivity contribution in [3.05, 3.63) is 50.2 Å². The number of nitro groups is 1. The summed E-state index contributed by atoms with van der Waals surface area (Å²) < 4.78 is 0. The van der Waals surface area contributed by atoms with Gasteiger partial charge in [0, 0.05) is 32.9 Å². The minimum Gasteiger partial charge on any atom is -0.351 e. The Kier molecular flexibility index (Phi) is 5.10. The molecule has 9 heteroatoms. The summed E-state index contributed by atoms with van der Waals surface area (Å²) in [7, 11) is 5.06. The van der Waals surface area contributed by atoms with E-state index < -0.39 is 11.0 Å². The molecule has 0 fully saturated rings. The van der Waals surface area contributed by atoms with Crippen molar-refractivity contribution < 1.29 is 9.72 Å². The third-order valence-corrected chi connectivity index (χ3v) is 4.60. The molecule has 0 unspecified atom stereocenters. The minimum absolute atomic E-state index is 0.0421. The van der Waals surface area contributed by atoms with E-state index in [0.717, 1.165) is 0 Å². The van der Waals surface area contributed by atoms with Gasteiger partial charge in [0.05, 0.1) is 16.5 Å². The standard InChI is InChI=1S/C15H17ClN4O3S/c1-8-12(14(21)18(2)3)13(17-15(24)19(8)4)9-5-6-10(16)11(7-9)20(22)23/h5-7,13H,1-4H3,(H,17,24)/t13-/m1/s1. The Morgan fingerprint density at radius 2 is 2.08 bits per heavy atom. The lowest BCUT2D eigenvalue weighted by Gasteiger charge is -2.36. The van der Waals surface area contributed by atoms with E-state index in [4.69, 9.17) is 23.8 Å². The number of halogens is 1. The Bertz CT molecular complexity index is 763. The van der Waals surface area contributed by atoms with E-state index in [-0.39, 0.29) is 16.6 Å². The molecule has 2 rings (SSSR count). The third-order valence-electron chi connectivity index (χ3n) is 3.89. The van der Waals surface area contributed by atoms with Gasteiger partial charge < -0.3 is 15.1 Å². The highest BCUT2D eigenvalue weighted by Gasteiger charge is 2.34. The van der Waals surface area contributed by atoms with Crippen LogP contribution in [0.1, 0.15) is 18.5 Å². The van der Waals surface area contributed by atoms with Crippen molar-refractivity contribution in [1.82, 2.24) is 15.1 Å². The van der Waals surface area contributed by atoms with Crippen molar-refractivity contribution in [2.45, 2.75) is 13.0 Å². The van der Waals surface area contributed by atoms with Crippen LogP contribution in [0, 0.1) is 10.1 Å². The molecule has 1 aliphatic rings. The van der Waals surface area contributed by atoms with E-state index in [1.54, 1.807) is 39.0 Å². The van der Waals surface area contributed by atoms with E-state index in [2.05, 4.69) is 5.32 Å². The summed E-state index contributed by atoms with van der Waals surface area (Å²) >= 11 is 11.2. The molecule has 1 heterocycles. The molecule has 0 aliphatic carbocycles. The smallest absolute Gasteiger partial charge is 0.288 e. The molecule has 1 N–H and O–H groups in total. The fraction of sp³-hybridized carbons (Fsp3) is 0.333. The van der Waals surface area contributed by atoms with E-state index in [0.29, 0.717) is 21.9 Å². The summed E-state index contributed by atoms with van der Waals surface area (Å²) in [5.41, 5.74) is 1.51. The van der Waals surface area contributed by atoms with Gasteiger partial charge in [-0.25, -0.2) is 0 Å². The van der Waals surface area contributed by atoms with Gasteiger partial charge >= 0.3 is 0 Å². The number of amides is 1. The SMILES string of the molecule is CC1=C(C(=O)N(C)C)[C@@H](c2ccc(Cl)c([N+](=O)[O-])c2)NC(=S)N1C. The third kappa shape index (κ3) is 3.20. The number of thiocarbonyl (C=S) groups is 1. The summed E-state index contributed by atoms with van der Waals surface area (Å²) in [6.45, 7) is 1.79. The van der Waals surface area contributed by atoms with Crippen LogP contribution in [0.2, 0.25) is 5.02 Å². The second-order valence-electron chi connectivity index (χ2n) is 5.61. The molecule has 0 spiro atoms. The van der Waals surface area contributed by atoms with Gasteiger partial charge in [-0.1, -0.05) is 17.7 Å². The molecule has 7 nitrogen and oxygen atoms in total. The van der Waals surface area contributed by atoms with Gasteiger partial charge in [-0.05, 0) is 30.8 Å². The van der Waals surface area contributed by atoms with Crippen LogP contribution in [0.4, 0.5) is 5.69 Å². The van der Waals surface area contributed by atoms with Gasteiger partial charge in [0.25, 0.3) is 11.6 Å². The van der Waals surface area contributed by atoms with E-state index in [9.17, 15) is 14.9 Å². The van der Waals surface area contributed by atoms with Gasteiger partial charge in [0.2, 0.25) is 0 Å². The molecular weight excluding hydrogens is 352 g/mol. The second-order valence-corrected chi connectivity index (χ2v) is 6.40. The minimum atomic E-state index is -0.584. The maximum Gasteiger partial charge on any atom is 0.288 e. The van der Waals surface area contributed by atoms with Crippen LogP contribution in [0.5, 0.6) is 0 Å². The molecule has 0 aromatic heterocycles. The number of nitro benzene ring substituents is 1. The molecule has 0 bridgehead atoms. The molecule has 0 saturated carbocycles. The zero-order valence-electron chi connectivity index (χ0n) is 13.7. The van der Waals surface area contributed by atoms with E-state index in [1.807, 2.05) is 0 Å². The first-order valence-corrected chi connectivity index (χ1v) is 7.84. The van der Waals surface area contributed by atoms with Gasteiger partial charge in [-0.2, -0.15) is 0 Å². The summed E-state index contributed by atoms with van der Waals surface area (Å²) in [6, 6.07) is 3.88. The second kappa shape index (κ2) is 6.74. The number of rotatable bonds is 3. The van der Waals surface area contributed by atoms with Crippen LogP contribution in [-0.2, 0) is 4.79 Å². The molecule has 1 amide bonds. The van der Waals surface area contributed by atoms with E-state index in [1.165, 1.54) is 17.0 Å². The van der Waals surface area contributed by atoms with Crippen molar-refractivity contribution >= 4 is 40.5 Å². The lowest BCUT2D eigenvalue weighted by Crippen LogP contribution is -2.47. The lowest BCUT2D eigenvalue weighted by molar-refractivity contribution is -0.384. The fourth-order valence-electron chi connectivity index (χ4n) is 2.45. The normalized spacial score (nSPS) is 17.6. The van der Waals surface area contributed by atoms with Gasteiger partial charge in [0.1, 0.15) is 5.02 Å². The zero-order valence-corrected chi connectivity index (χ0v) is 15.2. The lowest BCUT2D eigenvalue weighted by atomic mass is 9.94. The fourth-order valence-corrected chi connectivity index (χ4v) is 2.89. The first-order valence-electron chi connectivity index (χ1n) is 7.05. The van der Waals surface area contributed by atoms with Gasteiger partial charge in [-0.15, -0.1) is 0 Å². The molecule has 1 aliphatic heterocycles. The Balaban J connectivity index is 2.62. The highest BCUT2D eigenvalue weighted by molar-refractivity contribution is 7.80. The van der Waals surface area contributed by atoms with Crippen molar-refractivity contribution in [1.29, 1.82) is 0 Å². The van der Waals surface area contributed by atoms with Crippen molar-refractivity contribution in [3.63, 3.8) is 0 Å². The largest absolute Gasteiger partial charge is 0.351 e. The number of benzene rings is 1. The number of nitrogens with one attached hydrogen (secondary N) is 1. The van der Waals surface area contributed by atoms with Crippen molar-refractivity contribution in [2.75, 3.05) is 21.1 Å². The summed E-state index contributed by atoms with van der Waals surface area (Å²) in [5.74, 6) is -0.197. The number of carbonyl (C=O) groups is 1. The zero-order chi connectivity index (χ0) is 18.2. The molecular formula is C15H17ClN4O3S. The summed E-state index contributed by atoms with van der Waals surface area (Å²) in [6.07, 6.45) is 0. The molecule has 1 atom stereocenters. The highest BCUT2D eigenvalue weighted by atomic mass is 35.5. The average Bonchev–Trinajstić information content (AvgIpc) is 2.51. The number of carbonyl (C=O) groups excluding carboxylic acids is 1. The quantitative estimate of drug-likeness (QED) is 0.501. The maximum absolute atomic E-state index is 12.6. The molecule has 0 radical (unpaired) electrons. The summed E-state index contributed by atoms with van der Waals surface area (Å²) in [4.78, 5) is 26.4. The predicted molar refractivity (Wildman–Crippen MR) is 95.7 cm³/mol. The van der Waals surface area contributed by atoms with E-state index >= 15 is 0 Å². The number of nitrogens with zero attached hydrogens (tertiary/aromatic N) is 3. The maximum atomic E-state index is 12.6. The van der Waals surface area contributed by atoms with Crippen LogP contribution >= 0.6 is 23.8 Å². The van der Waals surface area contributed by atoms with Gasteiger partial charge in [0.15, 0.2) is 5.11 Å². The molecule has 1 aromatic carbocycles. The van der Waals surface area contributed by atoms with Crippen LogP contribution in [-0.4, -0.2) is 46.9 Å². The molecule has 24 heavy (non-hydrogen) atoms. The Morgan fingerprint density at radius 1 is 1.46 bits per heavy atom. The number of hydrogen-bond acceptors (Lipinski definition) is 4. The monoisotopic (exact) mass is 368 g/mol. The number of allylic oxidation sites excluding steroid dienone is 1. The average molecular weight is 369 g/mol. The molecule has 128 valence electrons. The summed E-state index contributed by atoms with van der Waals surface area (Å²) in [5, 5.41) is 14.7. The number of likely N-dealkylation sites (N-methyl/N-ethyl adjacent to an activating group) is 1. The molecule has 0 saturated heterocycles. The van der Waals surface area contributed by atoms with Crippen LogP contribution in [0.3, 0.4) is 0 Å². The van der Waals surface area contributed by atoms with Crippen LogP contribution in [0.25, 0.3) is 0 Å². The first kappa shape index (κ1) is 18.2. The highest BCUT2D eigenvalue weighted by Crippen LogP contribution is 2.34. The van der Waals surface area contributed by atoms with Crippen molar-refractivity contribution in [2.24, 2.45) is 0 Å².